The maximum absolute atomic E-state index is 12.4. The Morgan fingerprint density at radius 1 is 0.804 bits per heavy atom. The Morgan fingerprint density at radius 2 is 1.47 bits per heavy atom. The Balaban J connectivity index is 1.32. The van der Waals surface area contributed by atoms with Gasteiger partial charge in [0.05, 0.1) is 59.8 Å². The van der Waals surface area contributed by atoms with Gasteiger partial charge in [-0.25, -0.2) is 0 Å². The maximum atomic E-state index is 12.4. The summed E-state index contributed by atoms with van der Waals surface area (Å²) in [5, 5.41) is 72.2. The molecular formula is C34H46O17. The van der Waals surface area contributed by atoms with Crippen LogP contribution in [0.2, 0.25) is 0 Å². The van der Waals surface area contributed by atoms with E-state index in [2.05, 4.69) is 0 Å². The van der Waals surface area contributed by atoms with E-state index < -0.39 is 85.5 Å². The lowest BCUT2D eigenvalue weighted by Crippen LogP contribution is -2.61. The SMILES string of the molecule is COc1ccc([C@H]2OC[C@@](Cc3ccc(O[C@@H]4O[C@H](CO[C@H]5OC[C@@H](O)[C@@H](O)[C@@H]5O)[C@@H](O)[C@H](O)[C@H]4O)c(OC)c3)(OC(C)=O)[C@@H]2CO)cc1OC. The number of esters is 1. The third kappa shape index (κ3) is 8.18. The number of aliphatic hydroxyl groups excluding tert-OH is 7. The fourth-order valence-electron chi connectivity index (χ4n) is 6.62. The number of hydrogen-bond donors (Lipinski definition) is 7. The highest BCUT2D eigenvalue weighted by atomic mass is 16.7. The molecule has 0 aliphatic carbocycles. The minimum absolute atomic E-state index is 0.0361. The molecule has 2 aromatic rings. The van der Waals surface area contributed by atoms with Crippen LogP contribution < -0.4 is 18.9 Å². The van der Waals surface area contributed by atoms with Gasteiger partial charge in [0, 0.05) is 13.3 Å². The minimum atomic E-state index is -1.73. The zero-order valence-corrected chi connectivity index (χ0v) is 28.6. The molecule has 3 saturated heterocycles. The van der Waals surface area contributed by atoms with Crippen molar-refractivity contribution in [3.63, 3.8) is 0 Å². The fraction of sp³-hybridized carbons (Fsp3) is 0.618. The molecule has 17 nitrogen and oxygen atoms in total. The molecule has 0 aromatic heterocycles. The number of hydrogen-bond acceptors (Lipinski definition) is 17. The topological polar surface area (TPSA) is 242 Å². The quantitative estimate of drug-likeness (QED) is 0.117. The van der Waals surface area contributed by atoms with Crippen LogP contribution in [-0.2, 0) is 34.9 Å². The van der Waals surface area contributed by atoms with Gasteiger partial charge in [-0.15, -0.1) is 0 Å². The highest BCUT2D eigenvalue weighted by molar-refractivity contribution is 5.67. The van der Waals surface area contributed by atoms with Crippen molar-refractivity contribution in [2.75, 3.05) is 47.8 Å². The molecule has 0 saturated carbocycles. The summed E-state index contributed by atoms with van der Waals surface area (Å²) in [5.74, 6) is -0.0196. The lowest BCUT2D eigenvalue weighted by molar-refractivity contribution is -0.307. The Morgan fingerprint density at radius 3 is 2.14 bits per heavy atom. The first kappa shape index (κ1) is 38.9. The van der Waals surface area contributed by atoms with Crippen molar-refractivity contribution in [1.82, 2.24) is 0 Å². The van der Waals surface area contributed by atoms with E-state index in [0.29, 0.717) is 22.6 Å². The third-order valence-corrected chi connectivity index (χ3v) is 9.35. The van der Waals surface area contributed by atoms with Gasteiger partial charge in [0.2, 0.25) is 6.29 Å². The average Bonchev–Trinajstić information content (AvgIpc) is 3.47. The summed E-state index contributed by atoms with van der Waals surface area (Å²) in [5.41, 5.74) is 0.00898. The van der Waals surface area contributed by atoms with E-state index in [-0.39, 0.29) is 37.7 Å². The average molecular weight is 727 g/mol. The van der Waals surface area contributed by atoms with Gasteiger partial charge in [0.15, 0.2) is 29.3 Å². The van der Waals surface area contributed by atoms with Gasteiger partial charge in [-0.05, 0) is 35.4 Å². The Labute approximate surface area is 293 Å². The Hall–Kier alpha value is -3.33. The minimum Gasteiger partial charge on any atom is -0.493 e. The van der Waals surface area contributed by atoms with Crippen molar-refractivity contribution in [1.29, 1.82) is 0 Å². The van der Waals surface area contributed by atoms with Crippen LogP contribution in [0.5, 0.6) is 23.0 Å². The van der Waals surface area contributed by atoms with E-state index in [4.69, 9.17) is 42.6 Å². The van der Waals surface area contributed by atoms with Gasteiger partial charge in [0.25, 0.3) is 0 Å². The monoisotopic (exact) mass is 726 g/mol. The summed E-state index contributed by atoms with van der Waals surface area (Å²) >= 11 is 0. The molecule has 0 spiro atoms. The molecule has 5 rings (SSSR count). The standard InChI is InChI=1S/C34H46O17/c1-16(36)51-34(15-48-31(19(34)12-35)18-6-8-21(43-2)24(10-18)45-4)11-17-5-7-22(23(9-17)44-3)49-33-30(42)28(40)27(39)25(50-33)14-47-32-29(41)26(38)20(37)13-46-32/h5-10,19-20,25-33,35,37-42H,11-15H2,1-4H3/t19-,20-,25-,26-,27-,28+,29+,30-,31-,32-,33-,34-/m1/s1. The second-order valence-electron chi connectivity index (χ2n) is 12.7. The molecule has 12 atom stereocenters. The number of benzene rings is 2. The number of rotatable bonds is 13. The smallest absolute Gasteiger partial charge is 0.303 e. The molecule has 3 aliphatic rings. The first-order valence-electron chi connectivity index (χ1n) is 16.3. The summed E-state index contributed by atoms with van der Waals surface area (Å²) in [4.78, 5) is 12.4. The number of carbonyl (C=O) groups excluding carboxylic acids is 1. The zero-order chi connectivity index (χ0) is 37.0. The molecular weight excluding hydrogens is 680 g/mol. The van der Waals surface area contributed by atoms with Crippen LogP contribution in [-0.4, -0.2) is 150 Å². The lowest BCUT2D eigenvalue weighted by Gasteiger charge is -2.41. The predicted octanol–water partition coefficient (Wildman–Crippen LogP) is -1.42. The van der Waals surface area contributed by atoms with Crippen molar-refractivity contribution in [2.24, 2.45) is 5.92 Å². The van der Waals surface area contributed by atoms with Crippen LogP contribution in [0.1, 0.15) is 24.2 Å². The molecule has 284 valence electrons. The molecule has 3 fully saturated rings. The van der Waals surface area contributed by atoms with Crippen LogP contribution in [0.4, 0.5) is 0 Å². The predicted molar refractivity (Wildman–Crippen MR) is 171 cm³/mol. The van der Waals surface area contributed by atoms with E-state index in [1.54, 1.807) is 30.3 Å². The van der Waals surface area contributed by atoms with E-state index in [1.165, 1.54) is 34.3 Å². The Kier molecular flexibility index (Phi) is 12.6. The van der Waals surface area contributed by atoms with E-state index >= 15 is 0 Å². The van der Waals surface area contributed by atoms with Crippen LogP contribution >= 0.6 is 0 Å². The summed E-state index contributed by atoms with van der Waals surface area (Å²) < 4.78 is 50.7. The first-order valence-corrected chi connectivity index (χ1v) is 16.3. The zero-order valence-electron chi connectivity index (χ0n) is 28.6. The number of methoxy groups -OCH3 is 3. The van der Waals surface area contributed by atoms with Crippen LogP contribution in [0, 0.1) is 5.92 Å². The highest BCUT2D eigenvalue weighted by Gasteiger charge is 2.53. The molecule has 51 heavy (non-hydrogen) atoms. The lowest BCUT2D eigenvalue weighted by atomic mass is 9.80. The van der Waals surface area contributed by atoms with Gasteiger partial charge in [-0.2, -0.15) is 0 Å². The molecule has 0 unspecified atom stereocenters. The molecule has 0 radical (unpaired) electrons. The van der Waals surface area contributed by atoms with Crippen LogP contribution in [0.15, 0.2) is 36.4 Å². The Bertz CT molecular complexity index is 1470. The second-order valence-corrected chi connectivity index (χ2v) is 12.7. The largest absolute Gasteiger partial charge is 0.493 e. The van der Waals surface area contributed by atoms with E-state index in [9.17, 15) is 40.5 Å². The van der Waals surface area contributed by atoms with Crippen molar-refractivity contribution >= 4 is 5.97 Å². The van der Waals surface area contributed by atoms with Crippen LogP contribution in [0.25, 0.3) is 0 Å². The van der Waals surface area contributed by atoms with Crippen molar-refractivity contribution < 1.29 is 83.2 Å². The number of aliphatic hydroxyl groups is 7. The molecule has 3 heterocycles. The number of carbonyl (C=O) groups is 1. The van der Waals surface area contributed by atoms with E-state index in [1.807, 2.05) is 0 Å². The number of ether oxygens (including phenoxy) is 9. The maximum Gasteiger partial charge on any atom is 0.303 e. The molecule has 3 aliphatic heterocycles. The summed E-state index contributed by atoms with van der Waals surface area (Å²) in [6.45, 7) is 0.0886. The first-order chi connectivity index (χ1) is 24.4. The second kappa shape index (κ2) is 16.6. The van der Waals surface area contributed by atoms with Gasteiger partial charge in [-0.3, -0.25) is 4.79 Å². The fourth-order valence-corrected chi connectivity index (χ4v) is 6.62. The summed E-state index contributed by atoms with van der Waals surface area (Å²) in [6, 6.07) is 10.0. The molecule has 0 amide bonds. The van der Waals surface area contributed by atoms with Gasteiger partial charge < -0.3 is 78.4 Å². The van der Waals surface area contributed by atoms with Crippen molar-refractivity contribution in [3.05, 3.63) is 47.5 Å². The summed E-state index contributed by atoms with van der Waals surface area (Å²) in [6.07, 6.45) is -14.2. The van der Waals surface area contributed by atoms with E-state index in [0.717, 1.165) is 0 Å². The normalized spacial score (nSPS) is 35.2. The van der Waals surface area contributed by atoms with Crippen LogP contribution in [0.3, 0.4) is 0 Å². The third-order valence-electron chi connectivity index (χ3n) is 9.35. The van der Waals surface area contributed by atoms with Gasteiger partial charge in [0.1, 0.15) is 48.3 Å². The van der Waals surface area contributed by atoms with Crippen molar-refractivity contribution in [3.8, 4) is 23.0 Å². The van der Waals surface area contributed by atoms with Gasteiger partial charge >= 0.3 is 5.97 Å². The molecule has 17 heteroatoms. The molecule has 2 aromatic carbocycles. The summed E-state index contributed by atoms with van der Waals surface area (Å²) in [7, 11) is 4.40. The van der Waals surface area contributed by atoms with Crippen molar-refractivity contribution in [2.45, 2.75) is 80.4 Å². The molecule has 0 bridgehead atoms. The van der Waals surface area contributed by atoms with Gasteiger partial charge in [-0.1, -0.05) is 12.1 Å². The highest BCUT2D eigenvalue weighted by Crippen LogP contribution is 2.47. The molecule has 7 N–H and O–H groups in total.